The molecular formula is C11H12O6. The van der Waals surface area contributed by atoms with Crippen LogP contribution in [0.15, 0.2) is 18.2 Å². The number of para-hydroxylation sites is 1. The summed E-state index contributed by atoms with van der Waals surface area (Å²) in [6, 6.07) is 3.84. The van der Waals surface area contributed by atoms with E-state index in [0.717, 1.165) is 0 Å². The summed E-state index contributed by atoms with van der Waals surface area (Å²) >= 11 is 0. The van der Waals surface area contributed by atoms with Crippen molar-refractivity contribution >= 4 is 11.8 Å². The van der Waals surface area contributed by atoms with Crippen LogP contribution in [0.3, 0.4) is 0 Å². The Morgan fingerprint density at radius 2 is 1.82 bits per heavy atom. The largest absolute Gasteiger partial charge is 0.504 e. The molecule has 0 bridgehead atoms. The Bertz CT molecular complexity index is 440. The minimum atomic E-state index is -1.64. The number of Topliss-reactive ketones (excluding diaryl/α,β-unsaturated/α-hetero) is 1. The first kappa shape index (κ1) is 13.0. The summed E-state index contributed by atoms with van der Waals surface area (Å²) in [5.74, 6) is -2.91. The number of carboxylic acid groups (broad SMARTS) is 1. The number of aliphatic hydroxyl groups excluding tert-OH is 1. The molecule has 0 unspecified atom stereocenters. The van der Waals surface area contributed by atoms with Crippen LogP contribution in [-0.4, -0.2) is 32.2 Å². The van der Waals surface area contributed by atoms with Gasteiger partial charge < -0.3 is 20.4 Å². The van der Waals surface area contributed by atoms with Crippen molar-refractivity contribution in [2.75, 3.05) is 0 Å². The summed E-state index contributed by atoms with van der Waals surface area (Å²) in [4.78, 5) is 21.7. The number of carbonyl (C=O) groups is 2. The highest BCUT2D eigenvalue weighted by Gasteiger charge is 2.22. The van der Waals surface area contributed by atoms with Gasteiger partial charge in [-0.05, 0) is 6.07 Å². The van der Waals surface area contributed by atoms with Crippen LogP contribution < -0.4 is 0 Å². The van der Waals surface area contributed by atoms with Gasteiger partial charge in [-0.1, -0.05) is 12.1 Å². The van der Waals surface area contributed by atoms with Crippen LogP contribution in [0, 0.1) is 0 Å². The number of carbonyl (C=O) groups excluding carboxylic acids is 1. The van der Waals surface area contributed by atoms with Crippen LogP contribution in [0.2, 0.25) is 0 Å². The zero-order valence-corrected chi connectivity index (χ0v) is 8.83. The number of hydrogen-bond acceptors (Lipinski definition) is 5. The van der Waals surface area contributed by atoms with Gasteiger partial charge in [0, 0.05) is 12.0 Å². The normalized spacial score (nSPS) is 12.1. The maximum atomic E-state index is 11.4. The highest BCUT2D eigenvalue weighted by Crippen LogP contribution is 2.33. The van der Waals surface area contributed by atoms with Gasteiger partial charge in [0.25, 0.3) is 0 Å². The summed E-state index contributed by atoms with van der Waals surface area (Å²) < 4.78 is 0. The Hall–Kier alpha value is -2.08. The molecule has 0 aromatic heterocycles. The summed E-state index contributed by atoms with van der Waals surface area (Å²) in [5, 5.41) is 36.6. The van der Waals surface area contributed by atoms with Gasteiger partial charge in [0.15, 0.2) is 17.3 Å². The van der Waals surface area contributed by atoms with Gasteiger partial charge in [-0.3, -0.25) is 9.59 Å². The number of rotatable bonds is 5. The number of carboxylic acids is 1. The molecule has 1 aromatic rings. The van der Waals surface area contributed by atoms with E-state index in [1.165, 1.54) is 18.2 Å². The van der Waals surface area contributed by atoms with Crippen molar-refractivity contribution < 1.29 is 30.0 Å². The van der Waals surface area contributed by atoms with Crippen LogP contribution in [0.5, 0.6) is 11.5 Å². The zero-order valence-electron chi connectivity index (χ0n) is 8.83. The minimum absolute atomic E-state index is 0.139. The minimum Gasteiger partial charge on any atom is -0.504 e. The smallest absolute Gasteiger partial charge is 0.303 e. The molecule has 6 heteroatoms. The van der Waals surface area contributed by atoms with Crippen molar-refractivity contribution in [3.8, 4) is 11.5 Å². The summed E-state index contributed by atoms with van der Waals surface area (Å²) in [6.45, 7) is 0. The molecule has 1 aromatic carbocycles. The number of phenolic OH excluding ortho intramolecular Hbond substituents is 2. The molecule has 1 rings (SSSR count). The van der Waals surface area contributed by atoms with Crippen LogP contribution in [0.1, 0.15) is 24.5 Å². The van der Waals surface area contributed by atoms with Gasteiger partial charge in [-0.2, -0.15) is 0 Å². The molecule has 0 spiro atoms. The van der Waals surface area contributed by atoms with E-state index in [9.17, 15) is 24.9 Å². The Labute approximate surface area is 96.8 Å². The average Bonchev–Trinajstić information content (AvgIpc) is 2.28. The van der Waals surface area contributed by atoms with Gasteiger partial charge >= 0.3 is 5.97 Å². The van der Waals surface area contributed by atoms with E-state index in [1.807, 2.05) is 0 Å². The van der Waals surface area contributed by atoms with E-state index in [0.29, 0.717) is 0 Å². The third-order valence-electron chi connectivity index (χ3n) is 2.23. The maximum Gasteiger partial charge on any atom is 0.303 e. The third-order valence-corrected chi connectivity index (χ3v) is 2.23. The number of benzene rings is 1. The van der Waals surface area contributed by atoms with Crippen LogP contribution >= 0.6 is 0 Å². The molecule has 17 heavy (non-hydrogen) atoms. The number of ketones is 1. The van der Waals surface area contributed by atoms with Gasteiger partial charge in [0.2, 0.25) is 0 Å². The molecule has 92 valence electrons. The first-order valence-corrected chi connectivity index (χ1v) is 4.87. The predicted octanol–water partition coefficient (Wildman–Crippen LogP) is 0.565. The van der Waals surface area contributed by atoms with Crippen molar-refractivity contribution in [3.05, 3.63) is 23.8 Å². The fraction of sp³-hybridized carbons (Fsp3) is 0.273. The number of phenols is 2. The highest BCUT2D eigenvalue weighted by molar-refractivity contribution is 5.87. The first-order valence-electron chi connectivity index (χ1n) is 4.87. The average molecular weight is 240 g/mol. The van der Waals surface area contributed by atoms with E-state index in [2.05, 4.69) is 0 Å². The SMILES string of the molecule is O=C(O)CCC(=O)[C@H](O)c1cccc(O)c1O. The van der Waals surface area contributed by atoms with E-state index < -0.39 is 35.8 Å². The molecule has 0 amide bonds. The Kier molecular flexibility index (Phi) is 4.06. The number of hydrogen-bond donors (Lipinski definition) is 4. The lowest BCUT2D eigenvalue weighted by atomic mass is 10.0. The van der Waals surface area contributed by atoms with Crippen LogP contribution in [0.4, 0.5) is 0 Å². The monoisotopic (exact) mass is 240 g/mol. The third kappa shape index (κ3) is 3.18. The van der Waals surface area contributed by atoms with E-state index in [-0.39, 0.29) is 12.0 Å². The number of aliphatic hydroxyl groups is 1. The lowest BCUT2D eigenvalue weighted by Gasteiger charge is -2.11. The van der Waals surface area contributed by atoms with E-state index in [4.69, 9.17) is 5.11 Å². The predicted molar refractivity (Wildman–Crippen MR) is 56.6 cm³/mol. The Morgan fingerprint density at radius 3 is 2.41 bits per heavy atom. The molecule has 6 nitrogen and oxygen atoms in total. The molecule has 0 aliphatic carbocycles. The topological polar surface area (TPSA) is 115 Å². The molecule has 1 atom stereocenters. The Balaban J connectivity index is 2.81. The van der Waals surface area contributed by atoms with Crippen molar-refractivity contribution in [1.82, 2.24) is 0 Å². The van der Waals surface area contributed by atoms with Crippen molar-refractivity contribution in [2.45, 2.75) is 18.9 Å². The van der Waals surface area contributed by atoms with Crippen LogP contribution in [-0.2, 0) is 9.59 Å². The summed E-state index contributed by atoms with van der Waals surface area (Å²) in [6.07, 6.45) is -2.37. The second kappa shape index (κ2) is 5.31. The van der Waals surface area contributed by atoms with Crippen molar-refractivity contribution in [3.63, 3.8) is 0 Å². The van der Waals surface area contributed by atoms with Crippen molar-refractivity contribution in [1.29, 1.82) is 0 Å². The molecule has 4 N–H and O–H groups in total. The molecular weight excluding hydrogens is 228 g/mol. The summed E-state index contributed by atoms with van der Waals surface area (Å²) in [7, 11) is 0. The number of aromatic hydroxyl groups is 2. The lowest BCUT2D eigenvalue weighted by molar-refractivity contribution is -0.139. The van der Waals surface area contributed by atoms with Gasteiger partial charge in [0.05, 0.1) is 6.42 Å². The van der Waals surface area contributed by atoms with Gasteiger partial charge in [-0.25, -0.2) is 0 Å². The van der Waals surface area contributed by atoms with Crippen molar-refractivity contribution in [2.24, 2.45) is 0 Å². The van der Waals surface area contributed by atoms with Gasteiger partial charge in [-0.15, -0.1) is 0 Å². The molecule has 0 aliphatic heterocycles. The highest BCUT2D eigenvalue weighted by atomic mass is 16.4. The van der Waals surface area contributed by atoms with E-state index in [1.54, 1.807) is 0 Å². The first-order chi connectivity index (χ1) is 7.93. The zero-order chi connectivity index (χ0) is 13.0. The fourth-order valence-corrected chi connectivity index (χ4v) is 1.31. The standard InChI is InChI=1S/C11H12O6/c12-7-3-1-2-6(10(7)16)11(17)8(13)4-5-9(14)15/h1-3,11-12,16-17H,4-5H2,(H,14,15)/t11-/m1/s1. The molecule has 0 saturated carbocycles. The quantitative estimate of drug-likeness (QED) is 0.559. The van der Waals surface area contributed by atoms with Crippen LogP contribution in [0.25, 0.3) is 0 Å². The molecule has 0 saturated heterocycles. The number of aliphatic carboxylic acids is 1. The molecule has 0 fully saturated rings. The van der Waals surface area contributed by atoms with Gasteiger partial charge in [0.1, 0.15) is 6.10 Å². The fourth-order valence-electron chi connectivity index (χ4n) is 1.31. The molecule has 0 heterocycles. The lowest BCUT2D eigenvalue weighted by Crippen LogP contribution is -2.13. The Morgan fingerprint density at radius 1 is 1.18 bits per heavy atom. The summed E-state index contributed by atoms with van der Waals surface area (Å²) in [5.41, 5.74) is -0.139. The molecule has 0 radical (unpaired) electrons. The second-order valence-corrected chi connectivity index (χ2v) is 3.48. The van der Waals surface area contributed by atoms with E-state index >= 15 is 0 Å². The maximum absolute atomic E-state index is 11.4. The second-order valence-electron chi connectivity index (χ2n) is 3.48. The molecule has 0 aliphatic rings.